The van der Waals surface area contributed by atoms with Crippen LogP contribution in [-0.4, -0.2) is 19.5 Å². The lowest BCUT2D eigenvalue weighted by atomic mass is 9.78. The van der Waals surface area contributed by atoms with Crippen molar-refractivity contribution in [2.24, 2.45) is 11.8 Å². The molecule has 0 atom stereocenters. The van der Waals surface area contributed by atoms with Gasteiger partial charge in [-0.1, -0.05) is 73.5 Å². The van der Waals surface area contributed by atoms with Gasteiger partial charge in [0.15, 0.2) is 6.29 Å². The standard InChI is InChI=1S/C27H33ClO2/c1-2-3-4-5-20-18-29-27(30-19-20)25-12-10-23(11-13-25)21-6-8-22(9-7-21)24-14-16-26(28)17-15-24/h4-9,14-17,20,23,25,27H,2-3,10-13,18-19H2,1H3/b5-4+/t20-,23-,25-,27-. The van der Waals surface area contributed by atoms with Crippen molar-refractivity contribution in [1.82, 2.24) is 0 Å². The second kappa shape index (κ2) is 10.6. The molecule has 0 amide bonds. The third-order valence-corrected chi connectivity index (χ3v) is 6.78. The summed E-state index contributed by atoms with van der Waals surface area (Å²) < 4.78 is 12.2. The van der Waals surface area contributed by atoms with Crippen LogP contribution in [0.15, 0.2) is 60.7 Å². The van der Waals surface area contributed by atoms with Crippen molar-refractivity contribution in [3.63, 3.8) is 0 Å². The van der Waals surface area contributed by atoms with Crippen LogP contribution in [0.25, 0.3) is 11.1 Å². The molecule has 2 nitrogen and oxygen atoms in total. The summed E-state index contributed by atoms with van der Waals surface area (Å²) >= 11 is 6.01. The fraction of sp³-hybridized carbons (Fsp3) is 0.481. The number of allylic oxidation sites excluding steroid dienone is 1. The van der Waals surface area contributed by atoms with Crippen molar-refractivity contribution in [2.75, 3.05) is 13.2 Å². The molecule has 0 spiro atoms. The van der Waals surface area contributed by atoms with Crippen LogP contribution in [-0.2, 0) is 9.47 Å². The van der Waals surface area contributed by atoms with E-state index in [-0.39, 0.29) is 6.29 Å². The first-order valence-electron chi connectivity index (χ1n) is 11.5. The average Bonchev–Trinajstić information content (AvgIpc) is 2.81. The maximum atomic E-state index is 6.09. The zero-order valence-electron chi connectivity index (χ0n) is 17.9. The van der Waals surface area contributed by atoms with Gasteiger partial charge in [0, 0.05) is 16.9 Å². The van der Waals surface area contributed by atoms with E-state index in [9.17, 15) is 0 Å². The molecule has 2 aromatic rings. The number of ether oxygens (including phenoxy) is 2. The summed E-state index contributed by atoms with van der Waals surface area (Å²) in [4.78, 5) is 0. The summed E-state index contributed by atoms with van der Waals surface area (Å²) in [6, 6.07) is 17.1. The van der Waals surface area contributed by atoms with Crippen LogP contribution in [0.3, 0.4) is 0 Å². The predicted molar refractivity (Wildman–Crippen MR) is 125 cm³/mol. The Kier molecular flexibility index (Phi) is 7.65. The van der Waals surface area contributed by atoms with Gasteiger partial charge >= 0.3 is 0 Å². The average molecular weight is 425 g/mol. The minimum absolute atomic E-state index is 0.00550. The largest absolute Gasteiger partial charge is 0.352 e. The van der Waals surface area contributed by atoms with Crippen molar-refractivity contribution >= 4 is 11.6 Å². The van der Waals surface area contributed by atoms with Crippen molar-refractivity contribution in [3.8, 4) is 11.1 Å². The van der Waals surface area contributed by atoms with E-state index >= 15 is 0 Å². The lowest BCUT2D eigenvalue weighted by molar-refractivity contribution is -0.222. The van der Waals surface area contributed by atoms with Crippen molar-refractivity contribution in [2.45, 2.75) is 57.7 Å². The van der Waals surface area contributed by atoms with E-state index in [0.29, 0.717) is 17.8 Å². The number of unbranched alkanes of at least 4 members (excludes halogenated alkanes) is 1. The molecule has 0 aromatic heterocycles. The summed E-state index contributed by atoms with van der Waals surface area (Å²) in [5.41, 5.74) is 3.91. The molecule has 2 aliphatic rings. The Bertz CT molecular complexity index is 796. The lowest BCUT2D eigenvalue weighted by Gasteiger charge is -2.37. The minimum atomic E-state index is -0.00550. The number of benzene rings is 2. The van der Waals surface area contributed by atoms with E-state index in [1.807, 2.05) is 12.1 Å². The second-order valence-corrected chi connectivity index (χ2v) is 9.19. The Hall–Kier alpha value is -1.61. The van der Waals surface area contributed by atoms with Crippen molar-refractivity contribution in [3.05, 3.63) is 71.3 Å². The summed E-state index contributed by atoms with van der Waals surface area (Å²) in [5, 5.41) is 0.779. The molecule has 30 heavy (non-hydrogen) atoms. The maximum absolute atomic E-state index is 6.09. The van der Waals surface area contributed by atoms with Crippen LogP contribution in [0.4, 0.5) is 0 Å². The fourth-order valence-electron chi connectivity index (χ4n) is 4.69. The highest BCUT2D eigenvalue weighted by Crippen LogP contribution is 2.39. The predicted octanol–water partition coefficient (Wildman–Crippen LogP) is 7.63. The highest BCUT2D eigenvalue weighted by molar-refractivity contribution is 6.30. The van der Waals surface area contributed by atoms with E-state index < -0.39 is 0 Å². The van der Waals surface area contributed by atoms with Crippen LogP contribution in [0.5, 0.6) is 0 Å². The molecule has 1 saturated carbocycles. The van der Waals surface area contributed by atoms with Gasteiger partial charge in [-0.15, -0.1) is 0 Å². The second-order valence-electron chi connectivity index (χ2n) is 8.75. The van der Waals surface area contributed by atoms with Crippen molar-refractivity contribution < 1.29 is 9.47 Å². The van der Waals surface area contributed by atoms with E-state index in [0.717, 1.165) is 24.7 Å². The molecule has 1 aliphatic heterocycles. The van der Waals surface area contributed by atoms with Gasteiger partial charge in [-0.2, -0.15) is 0 Å². The molecule has 3 heteroatoms. The monoisotopic (exact) mass is 424 g/mol. The molecule has 0 N–H and O–H groups in total. The summed E-state index contributed by atoms with van der Waals surface area (Å²) in [5.74, 6) is 1.60. The topological polar surface area (TPSA) is 18.5 Å². The Morgan fingerprint density at radius 3 is 2.07 bits per heavy atom. The Morgan fingerprint density at radius 1 is 0.867 bits per heavy atom. The molecule has 2 aromatic carbocycles. The molecule has 160 valence electrons. The van der Waals surface area contributed by atoms with Crippen LogP contribution in [0, 0.1) is 11.8 Å². The molecule has 1 saturated heterocycles. The third kappa shape index (κ3) is 5.55. The first kappa shape index (κ1) is 21.6. The number of halogens is 1. The van der Waals surface area contributed by atoms with E-state index in [4.69, 9.17) is 21.1 Å². The highest BCUT2D eigenvalue weighted by atomic mass is 35.5. The number of hydrogen-bond acceptors (Lipinski definition) is 2. The molecular weight excluding hydrogens is 392 g/mol. The van der Waals surface area contributed by atoms with E-state index in [1.54, 1.807) is 0 Å². The molecular formula is C27H33ClO2. The third-order valence-electron chi connectivity index (χ3n) is 6.53. The SMILES string of the molecule is CCC/C=C/[C@H]1CO[C@H]([C@H]2CC[C@H](c3ccc(-c4ccc(Cl)cc4)cc3)CC2)OC1. The molecule has 1 heterocycles. The molecule has 2 fully saturated rings. The van der Waals surface area contributed by atoms with Gasteiger partial charge in [-0.3, -0.25) is 0 Å². The van der Waals surface area contributed by atoms with Gasteiger partial charge in [-0.25, -0.2) is 0 Å². The van der Waals surface area contributed by atoms with Crippen LogP contribution in [0.2, 0.25) is 5.02 Å². The molecule has 0 radical (unpaired) electrons. The molecule has 4 rings (SSSR count). The van der Waals surface area contributed by atoms with Gasteiger partial charge in [-0.05, 0) is 66.8 Å². The van der Waals surface area contributed by atoms with Crippen LogP contribution >= 0.6 is 11.6 Å². The van der Waals surface area contributed by atoms with Gasteiger partial charge in [0.05, 0.1) is 13.2 Å². The quantitative estimate of drug-likeness (QED) is 0.444. The summed E-state index contributed by atoms with van der Waals surface area (Å²) in [6.07, 6.45) is 11.7. The zero-order chi connectivity index (χ0) is 20.8. The molecule has 0 bridgehead atoms. The van der Waals surface area contributed by atoms with E-state index in [1.165, 1.54) is 48.8 Å². The van der Waals surface area contributed by atoms with Crippen molar-refractivity contribution in [1.29, 1.82) is 0 Å². The lowest BCUT2D eigenvalue weighted by Crippen LogP contribution is -2.37. The summed E-state index contributed by atoms with van der Waals surface area (Å²) in [7, 11) is 0. The van der Waals surface area contributed by atoms with E-state index in [2.05, 4.69) is 55.5 Å². The first-order chi connectivity index (χ1) is 14.7. The Morgan fingerprint density at radius 2 is 1.47 bits per heavy atom. The number of rotatable bonds is 6. The normalized spacial score (nSPS) is 27.4. The maximum Gasteiger partial charge on any atom is 0.160 e. The molecule has 1 aliphatic carbocycles. The first-order valence-corrected chi connectivity index (χ1v) is 11.9. The summed E-state index contributed by atoms with van der Waals surface area (Å²) in [6.45, 7) is 3.81. The zero-order valence-corrected chi connectivity index (χ0v) is 18.7. The Labute approximate surface area is 186 Å². The van der Waals surface area contributed by atoms with Gasteiger partial charge in [0.2, 0.25) is 0 Å². The smallest absolute Gasteiger partial charge is 0.160 e. The minimum Gasteiger partial charge on any atom is -0.352 e. The Balaban J connectivity index is 1.26. The van der Waals surface area contributed by atoms with Gasteiger partial charge in [0.25, 0.3) is 0 Å². The van der Waals surface area contributed by atoms with Gasteiger partial charge < -0.3 is 9.47 Å². The highest BCUT2D eigenvalue weighted by Gasteiger charge is 2.32. The number of hydrogen-bond donors (Lipinski definition) is 0. The van der Waals surface area contributed by atoms with Crippen LogP contribution in [0.1, 0.15) is 56.9 Å². The van der Waals surface area contributed by atoms with Gasteiger partial charge in [0.1, 0.15) is 0 Å². The fourth-order valence-corrected chi connectivity index (χ4v) is 4.81. The molecule has 0 unspecified atom stereocenters. The van der Waals surface area contributed by atoms with Crippen LogP contribution < -0.4 is 0 Å².